The highest BCUT2D eigenvalue weighted by Crippen LogP contribution is 2.13. The average Bonchev–Trinajstić information content (AvgIpc) is 2.25. The van der Waals surface area contributed by atoms with Gasteiger partial charge in [0, 0.05) is 12.2 Å². The van der Waals surface area contributed by atoms with E-state index in [1.807, 2.05) is 19.9 Å². The lowest BCUT2D eigenvalue weighted by Gasteiger charge is -2.26. The van der Waals surface area contributed by atoms with Gasteiger partial charge >= 0.3 is 0 Å². The van der Waals surface area contributed by atoms with E-state index in [1.165, 1.54) is 6.20 Å². The fourth-order valence-electron chi connectivity index (χ4n) is 1.32. The van der Waals surface area contributed by atoms with E-state index in [9.17, 15) is 4.79 Å². The molecule has 0 spiro atoms. The molecule has 0 aromatic carbocycles. The van der Waals surface area contributed by atoms with Crippen molar-refractivity contribution in [3.8, 4) is 6.07 Å². The lowest BCUT2D eigenvalue weighted by molar-refractivity contribution is -0.116. The normalized spacial score (nSPS) is 9.88. The molecule has 0 aliphatic heterocycles. The number of amides is 1. The number of hydrogen-bond donors (Lipinski definition) is 1. The Labute approximate surface area is 94.5 Å². The molecule has 0 saturated carbocycles. The van der Waals surface area contributed by atoms with Gasteiger partial charge in [-0.15, -0.1) is 0 Å². The largest absolute Gasteiger partial charge is 0.368 e. The van der Waals surface area contributed by atoms with E-state index in [0.717, 1.165) is 0 Å². The van der Waals surface area contributed by atoms with Crippen molar-refractivity contribution in [2.45, 2.75) is 19.9 Å². The number of nitrogens with two attached hydrogens (primary N) is 1. The smallest absolute Gasteiger partial charge is 0.237 e. The summed E-state index contributed by atoms with van der Waals surface area (Å²) in [6, 6.07) is 5.48. The molecule has 1 aromatic heterocycles. The van der Waals surface area contributed by atoms with Gasteiger partial charge in [0.2, 0.25) is 5.91 Å². The summed E-state index contributed by atoms with van der Waals surface area (Å²) < 4.78 is 0. The van der Waals surface area contributed by atoms with E-state index < -0.39 is 5.91 Å². The summed E-state index contributed by atoms with van der Waals surface area (Å²) in [5.41, 5.74) is 5.66. The van der Waals surface area contributed by atoms with E-state index in [2.05, 4.69) is 4.98 Å². The van der Waals surface area contributed by atoms with Crippen LogP contribution in [0, 0.1) is 11.3 Å². The van der Waals surface area contributed by atoms with Gasteiger partial charge in [-0.2, -0.15) is 5.26 Å². The Hall–Kier alpha value is -2.09. The molecule has 2 N–H and O–H groups in total. The molecule has 1 rings (SSSR count). The Kier molecular flexibility index (Phi) is 3.84. The minimum atomic E-state index is -0.403. The van der Waals surface area contributed by atoms with Crippen molar-refractivity contribution in [3.63, 3.8) is 0 Å². The Balaban J connectivity index is 2.93. The average molecular weight is 218 g/mol. The van der Waals surface area contributed by atoms with Gasteiger partial charge in [-0.1, -0.05) is 0 Å². The first-order valence-corrected chi connectivity index (χ1v) is 4.95. The summed E-state index contributed by atoms with van der Waals surface area (Å²) in [6.45, 7) is 4.02. The standard InChI is InChI=1S/C11H14N4O/c1-8(2)15(7-10(13)16)11-4-3-9(5-12)6-14-11/h3-4,6,8H,7H2,1-2H3,(H2,13,16). The highest BCUT2D eigenvalue weighted by Gasteiger charge is 2.13. The molecule has 1 amide bonds. The van der Waals surface area contributed by atoms with Gasteiger partial charge in [0.15, 0.2) is 0 Å². The summed E-state index contributed by atoms with van der Waals surface area (Å²) in [6.07, 6.45) is 1.48. The number of nitriles is 1. The van der Waals surface area contributed by atoms with Gasteiger partial charge in [-0.05, 0) is 26.0 Å². The number of primary amides is 1. The molecule has 5 nitrogen and oxygen atoms in total. The number of rotatable bonds is 4. The van der Waals surface area contributed by atoms with Crippen LogP contribution in [0.4, 0.5) is 5.82 Å². The zero-order chi connectivity index (χ0) is 12.1. The monoisotopic (exact) mass is 218 g/mol. The lowest BCUT2D eigenvalue weighted by Crippen LogP contribution is -2.39. The van der Waals surface area contributed by atoms with Gasteiger partial charge in [0.1, 0.15) is 11.9 Å². The van der Waals surface area contributed by atoms with Crippen LogP contribution in [0.2, 0.25) is 0 Å². The third-order valence-electron chi connectivity index (χ3n) is 2.12. The first-order valence-electron chi connectivity index (χ1n) is 4.95. The van der Waals surface area contributed by atoms with Crippen LogP contribution < -0.4 is 10.6 Å². The molecule has 1 heterocycles. The van der Waals surface area contributed by atoms with Gasteiger partial charge < -0.3 is 10.6 Å². The lowest BCUT2D eigenvalue weighted by atomic mass is 10.2. The second kappa shape index (κ2) is 5.12. The minimum Gasteiger partial charge on any atom is -0.368 e. The van der Waals surface area contributed by atoms with Crippen molar-refractivity contribution in [2.24, 2.45) is 5.73 Å². The predicted molar refractivity (Wildman–Crippen MR) is 60.6 cm³/mol. The quantitative estimate of drug-likeness (QED) is 0.804. The second-order valence-electron chi connectivity index (χ2n) is 3.70. The Morgan fingerprint density at radius 3 is 2.69 bits per heavy atom. The van der Waals surface area contributed by atoms with Crippen molar-refractivity contribution in [1.29, 1.82) is 5.26 Å². The van der Waals surface area contributed by atoms with E-state index in [1.54, 1.807) is 17.0 Å². The van der Waals surface area contributed by atoms with E-state index in [-0.39, 0.29) is 12.6 Å². The molecule has 16 heavy (non-hydrogen) atoms. The number of nitrogens with zero attached hydrogens (tertiary/aromatic N) is 3. The second-order valence-corrected chi connectivity index (χ2v) is 3.70. The van der Waals surface area contributed by atoms with E-state index in [0.29, 0.717) is 11.4 Å². The number of aromatic nitrogens is 1. The fourth-order valence-corrected chi connectivity index (χ4v) is 1.32. The third kappa shape index (κ3) is 2.95. The fraction of sp³-hybridized carbons (Fsp3) is 0.364. The molecule has 0 aliphatic carbocycles. The van der Waals surface area contributed by atoms with Gasteiger partial charge in [-0.25, -0.2) is 4.98 Å². The summed E-state index contributed by atoms with van der Waals surface area (Å²) in [4.78, 5) is 16.8. The highest BCUT2D eigenvalue weighted by molar-refractivity contribution is 5.79. The number of carbonyl (C=O) groups is 1. The van der Waals surface area contributed by atoms with Crippen molar-refractivity contribution < 1.29 is 4.79 Å². The van der Waals surface area contributed by atoms with Crippen LogP contribution in [-0.4, -0.2) is 23.5 Å². The molecule has 0 radical (unpaired) electrons. The zero-order valence-electron chi connectivity index (χ0n) is 9.34. The maximum Gasteiger partial charge on any atom is 0.237 e. The topological polar surface area (TPSA) is 83.0 Å². The Bertz CT molecular complexity index is 405. The molecular weight excluding hydrogens is 204 g/mol. The molecule has 5 heteroatoms. The molecule has 0 saturated heterocycles. The maximum atomic E-state index is 10.9. The van der Waals surface area contributed by atoms with Crippen LogP contribution in [0.5, 0.6) is 0 Å². The molecule has 0 aliphatic rings. The van der Waals surface area contributed by atoms with Crippen molar-refractivity contribution in [2.75, 3.05) is 11.4 Å². The molecule has 0 unspecified atom stereocenters. The number of hydrogen-bond acceptors (Lipinski definition) is 4. The third-order valence-corrected chi connectivity index (χ3v) is 2.12. The highest BCUT2D eigenvalue weighted by atomic mass is 16.1. The maximum absolute atomic E-state index is 10.9. The first-order chi connectivity index (χ1) is 7.54. The van der Waals surface area contributed by atoms with Crippen LogP contribution in [-0.2, 0) is 4.79 Å². The number of carbonyl (C=O) groups excluding carboxylic acids is 1. The van der Waals surface area contributed by atoms with Gasteiger partial charge in [-0.3, -0.25) is 4.79 Å². The number of pyridine rings is 1. The Morgan fingerprint density at radius 2 is 2.31 bits per heavy atom. The van der Waals surface area contributed by atoms with Gasteiger partial charge in [0.05, 0.1) is 12.1 Å². The summed E-state index contributed by atoms with van der Waals surface area (Å²) >= 11 is 0. The van der Waals surface area contributed by atoms with Crippen LogP contribution in [0.25, 0.3) is 0 Å². The van der Waals surface area contributed by atoms with Crippen molar-refractivity contribution in [3.05, 3.63) is 23.9 Å². The minimum absolute atomic E-state index is 0.118. The SMILES string of the molecule is CC(C)N(CC(N)=O)c1ccc(C#N)cn1. The van der Waals surface area contributed by atoms with E-state index in [4.69, 9.17) is 11.0 Å². The van der Waals surface area contributed by atoms with Gasteiger partial charge in [0.25, 0.3) is 0 Å². The molecule has 0 atom stereocenters. The van der Waals surface area contributed by atoms with E-state index >= 15 is 0 Å². The molecule has 84 valence electrons. The first kappa shape index (κ1) is 12.0. The van der Waals surface area contributed by atoms with Crippen molar-refractivity contribution in [1.82, 2.24) is 4.98 Å². The molecular formula is C11H14N4O. The van der Waals surface area contributed by atoms with Crippen LogP contribution in [0.15, 0.2) is 18.3 Å². The van der Waals surface area contributed by atoms with Crippen LogP contribution in [0.3, 0.4) is 0 Å². The van der Waals surface area contributed by atoms with Crippen molar-refractivity contribution >= 4 is 11.7 Å². The molecule has 0 bridgehead atoms. The summed E-state index contributed by atoms with van der Waals surface area (Å²) in [5, 5.41) is 8.64. The predicted octanol–water partition coefficient (Wildman–Crippen LogP) is 0.653. The Morgan fingerprint density at radius 1 is 1.62 bits per heavy atom. The molecule has 0 fully saturated rings. The summed E-state index contributed by atoms with van der Waals surface area (Å²) in [5.74, 6) is 0.243. The summed E-state index contributed by atoms with van der Waals surface area (Å²) in [7, 11) is 0. The molecule has 1 aromatic rings. The zero-order valence-corrected chi connectivity index (χ0v) is 9.34. The van der Waals surface area contributed by atoms with Crippen LogP contribution in [0.1, 0.15) is 19.4 Å². The van der Waals surface area contributed by atoms with Crippen LogP contribution >= 0.6 is 0 Å². The number of anilines is 1.